The van der Waals surface area contributed by atoms with E-state index < -0.39 is 30.6 Å². The Balaban J connectivity index is 1.72. The number of rotatable bonds is 8. The van der Waals surface area contributed by atoms with Crippen molar-refractivity contribution < 1.29 is 23.7 Å². The second-order valence-electron chi connectivity index (χ2n) is 7.73. The normalized spacial score (nSPS) is 23.2. The maximum Gasteiger partial charge on any atom is 0.244 e. The highest BCUT2D eigenvalue weighted by Gasteiger charge is 2.46. The monoisotopic (exact) mass is 465 g/mol. The highest BCUT2D eigenvalue weighted by Crippen LogP contribution is 2.39. The topological polar surface area (TPSA) is 112 Å². The molecule has 0 aliphatic heterocycles. The first-order valence-electron chi connectivity index (χ1n) is 10.3. The van der Waals surface area contributed by atoms with Gasteiger partial charge in [-0.25, -0.2) is 18.7 Å². The molecule has 4 unspecified atom stereocenters. The van der Waals surface area contributed by atoms with Crippen LogP contribution in [0, 0.1) is 12.8 Å². The van der Waals surface area contributed by atoms with Gasteiger partial charge < -0.3 is 25.6 Å². The average Bonchev–Trinajstić information content (AvgIpc) is 3.30. The summed E-state index contributed by atoms with van der Waals surface area (Å²) >= 11 is 1.47. The van der Waals surface area contributed by atoms with Crippen LogP contribution in [0.5, 0.6) is 0 Å². The number of ether oxygens (including phenoxy) is 1. The van der Waals surface area contributed by atoms with Crippen molar-refractivity contribution >= 4 is 33.3 Å². The Kier molecular flexibility index (Phi) is 6.79. The Hall–Kier alpha value is -2.47. The molecule has 11 heteroatoms. The van der Waals surface area contributed by atoms with Crippen LogP contribution >= 0.6 is 11.3 Å². The Labute approximate surface area is 187 Å². The molecule has 1 fully saturated rings. The Bertz CT molecular complexity index is 1050. The number of aromatic nitrogens is 3. The minimum atomic E-state index is -2.73. The van der Waals surface area contributed by atoms with Crippen LogP contribution in [0.3, 0.4) is 0 Å². The van der Waals surface area contributed by atoms with E-state index >= 15 is 0 Å². The van der Waals surface area contributed by atoms with Crippen LogP contribution in [0.25, 0.3) is 20.8 Å². The Morgan fingerprint density at radius 2 is 1.97 bits per heavy atom. The number of hydrogen-bond acceptors (Lipinski definition) is 9. The minimum Gasteiger partial charge on any atom is -0.390 e. The highest BCUT2D eigenvalue weighted by atomic mass is 32.1. The molecule has 1 saturated carbocycles. The van der Waals surface area contributed by atoms with Crippen molar-refractivity contribution in [3.63, 3.8) is 0 Å². The van der Waals surface area contributed by atoms with E-state index in [0.717, 1.165) is 10.2 Å². The van der Waals surface area contributed by atoms with Gasteiger partial charge in [0.25, 0.3) is 0 Å². The lowest BCUT2D eigenvalue weighted by atomic mass is 10.1. The first-order valence-corrected chi connectivity index (χ1v) is 11.1. The number of halogens is 2. The molecule has 0 radical (unpaired) electrons. The van der Waals surface area contributed by atoms with Crippen molar-refractivity contribution in [1.29, 1.82) is 0 Å². The van der Waals surface area contributed by atoms with Gasteiger partial charge >= 0.3 is 0 Å². The number of hydrogen-bond donors (Lipinski definition) is 4. The average molecular weight is 466 g/mol. The fourth-order valence-electron chi connectivity index (χ4n) is 3.89. The number of nitrogens with zero attached hydrogens (tertiary/aromatic N) is 3. The molecule has 1 aromatic carbocycles. The number of benzene rings is 1. The number of aliphatic hydroxyl groups is 2. The summed E-state index contributed by atoms with van der Waals surface area (Å²) in [7, 11) is 1.59. The number of fused-ring (bicyclic) bond motifs is 1. The van der Waals surface area contributed by atoms with Crippen LogP contribution in [0.4, 0.5) is 20.5 Å². The van der Waals surface area contributed by atoms with Crippen LogP contribution in [-0.4, -0.2) is 70.1 Å². The Morgan fingerprint density at radius 1 is 1.19 bits per heavy atom. The lowest BCUT2D eigenvalue weighted by Gasteiger charge is -2.21. The summed E-state index contributed by atoms with van der Waals surface area (Å²) in [4.78, 5) is 13.8. The number of thiazole rings is 1. The summed E-state index contributed by atoms with van der Waals surface area (Å²) in [6.45, 7) is 2.75. The largest absolute Gasteiger partial charge is 0.390 e. The summed E-state index contributed by atoms with van der Waals surface area (Å²) in [6.07, 6.45) is -5.68. The third kappa shape index (κ3) is 4.51. The zero-order chi connectivity index (χ0) is 22.8. The fraction of sp³-hybridized carbons (Fsp3) is 0.476. The van der Waals surface area contributed by atoms with E-state index in [9.17, 15) is 19.0 Å². The van der Waals surface area contributed by atoms with Gasteiger partial charge in [-0.05, 0) is 25.5 Å². The van der Waals surface area contributed by atoms with E-state index in [4.69, 9.17) is 4.74 Å². The molecule has 1 aliphatic carbocycles. The number of nitrogens with one attached hydrogen (secondary N) is 2. The van der Waals surface area contributed by atoms with E-state index in [0.29, 0.717) is 41.2 Å². The third-order valence-electron chi connectivity index (χ3n) is 5.56. The van der Waals surface area contributed by atoms with Crippen molar-refractivity contribution in [2.45, 2.75) is 38.0 Å². The van der Waals surface area contributed by atoms with Crippen LogP contribution < -0.4 is 10.6 Å². The number of aliphatic hydroxyl groups excluding tert-OH is 2. The van der Waals surface area contributed by atoms with Crippen molar-refractivity contribution in [1.82, 2.24) is 15.0 Å². The first kappa shape index (κ1) is 22.7. The van der Waals surface area contributed by atoms with Crippen molar-refractivity contribution in [2.75, 3.05) is 30.9 Å². The van der Waals surface area contributed by atoms with Gasteiger partial charge in [-0.15, -0.1) is 11.3 Å². The molecule has 3 aromatic rings. The molecule has 4 N–H and O–H groups in total. The number of aryl methyl sites for hydroxylation is 1. The summed E-state index contributed by atoms with van der Waals surface area (Å²) < 4.78 is 32.6. The maximum absolute atomic E-state index is 13.3. The van der Waals surface area contributed by atoms with Crippen molar-refractivity contribution in [3.8, 4) is 10.6 Å². The van der Waals surface area contributed by atoms with Crippen molar-refractivity contribution in [2.24, 2.45) is 5.92 Å². The van der Waals surface area contributed by atoms with Crippen LogP contribution in [0.15, 0.2) is 24.3 Å². The molecule has 32 heavy (non-hydrogen) atoms. The van der Waals surface area contributed by atoms with Gasteiger partial charge in [0.1, 0.15) is 16.9 Å². The molecule has 0 saturated heterocycles. The van der Waals surface area contributed by atoms with Gasteiger partial charge in [0.2, 0.25) is 12.4 Å². The Morgan fingerprint density at radius 3 is 2.66 bits per heavy atom. The lowest BCUT2D eigenvalue weighted by Crippen LogP contribution is -2.36. The van der Waals surface area contributed by atoms with Crippen molar-refractivity contribution in [3.05, 3.63) is 30.0 Å². The molecule has 2 aromatic heterocycles. The van der Waals surface area contributed by atoms with Gasteiger partial charge in [0.05, 0.1) is 46.1 Å². The van der Waals surface area contributed by atoms with Crippen LogP contribution in [0.1, 0.15) is 12.1 Å². The quantitative estimate of drug-likeness (QED) is 0.376. The van der Waals surface area contributed by atoms with Gasteiger partial charge in [0.15, 0.2) is 0 Å². The molecule has 8 nitrogen and oxygen atoms in total. The molecule has 4 atom stereocenters. The van der Waals surface area contributed by atoms with Gasteiger partial charge in [-0.3, -0.25) is 0 Å². The molecule has 172 valence electrons. The molecule has 4 rings (SSSR count). The molecular formula is C21H25F2N5O3S. The number of para-hydroxylation sites is 1. The molecular weight excluding hydrogens is 440 g/mol. The molecule has 0 bridgehead atoms. The third-order valence-corrected chi connectivity index (χ3v) is 6.61. The minimum absolute atomic E-state index is 0.0885. The summed E-state index contributed by atoms with van der Waals surface area (Å²) in [5.74, 6) is -0.608. The fourth-order valence-corrected chi connectivity index (χ4v) is 4.96. The number of alkyl halides is 2. The summed E-state index contributed by atoms with van der Waals surface area (Å²) in [5.41, 5.74) is 2.10. The van der Waals surface area contributed by atoms with Gasteiger partial charge in [-0.2, -0.15) is 4.98 Å². The van der Waals surface area contributed by atoms with E-state index in [1.807, 2.05) is 31.2 Å². The van der Waals surface area contributed by atoms with Crippen LogP contribution in [0.2, 0.25) is 0 Å². The number of anilines is 2. The number of methoxy groups -OCH3 is 1. The zero-order valence-electron chi connectivity index (χ0n) is 17.6. The van der Waals surface area contributed by atoms with Crippen LogP contribution in [-0.2, 0) is 4.74 Å². The highest BCUT2D eigenvalue weighted by molar-refractivity contribution is 7.21. The standard InChI is InChI=1S/C21H25F2N5O3S/c1-10-15(20-27-12-5-3-4-6-14(12)32-20)19(28-21(25-10)24-7-8-31-2)26-13-9-11(18(22)23)16(29)17(13)30/h3-6,11,13,16-18,29-30H,7-9H2,1-2H3,(H2,24,25,26,28). The predicted molar refractivity (Wildman–Crippen MR) is 119 cm³/mol. The van der Waals surface area contributed by atoms with E-state index in [1.165, 1.54) is 11.3 Å². The SMILES string of the molecule is COCCNc1nc(C)c(-c2nc3ccccc3s2)c(NC2CC(C(F)F)C(O)C2O)n1. The second kappa shape index (κ2) is 9.57. The first-order chi connectivity index (χ1) is 15.4. The molecule has 0 spiro atoms. The molecule has 1 aliphatic rings. The molecule has 0 amide bonds. The smallest absolute Gasteiger partial charge is 0.244 e. The second-order valence-corrected chi connectivity index (χ2v) is 8.76. The van der Waals surface area contributed by atoms with Gasteiger partial charge in [0, 0.05) is 13.7 Å². The summed E-state index contributed by atoms with van der Waals surface area (Å²) in [5, 5.41) is 27.3. The predicted octanol–water partition coefficient (Wildman–Crippen LogP) is 2.91. The van der Waals surface area contributed by atoms with Gasteiger partial charge in [-0.1, -0.05) is 12.1 Å². The van der Waals surface area contributed by atoms with E-state index in [2.05, 4.69) is 25.6 Å². The zero-order valence-corrected chi connectivity index (χ0v) is 18.4. The summed E-state index contributed by atoms with van der Waals surface area (Å²) in [6, 6.07) is 6.90. The van der Waals surface area contributed by atoms with E-state index in [1.54, 1.807) is 7.11 Å². The van der Waals surface area contributed by atoms with E-state index in [-0.39, 0.29) is 6.42 Å². The maximum atomic E-state index is 13.3. The lowest BCUT2D eigenvalue weighted by molar-refractivity contribution is -0.0333. The molecule has 2 heterocycles.